The minimum atomic E-state index is 0.118. The van der Waals surface area contributed by atoms with Gasteiger partial charge in [-0.15, -0.1) is 0 Å². The third-order valence-corrected chi connectivity index (χ3v) is 2.05. The van der Waals surface area contributed by atoms with Gasteiger partial charge in [0.05, 0.1) is 6.54 Å². The van der Waals surface area contributed by atoms with Crippen LogP contribution in [-0.2, 0) is 0 Å². The Morgan fingerprint density at radius 1 is 1.58 bits per heavy atom. The van der Waals surface area contributed by atoms with Crippen molar-refractivity contribution in [1.29, 1.82) is 0 Å². The molecular formula is C8H18N4. The van der Waals surface area contributed by atoms with Gasteiger partial charge < -0.3 is 16.0 Å². The van der Waals surface area contributed by atoms with Crippen molar-refractivity contribution in [3.8, 4) is 0 Å². The molecule has 0 aromatic carbocycles. The van der Waals surface area contributed by atoms with Crippen LogP contribution in [0, 0.1) is 0 Å². The predicted octanol–water partition coefficient (Wildman–Crippen LogP) is -0.467. The van der Waals surface area contributed by atoms with Gasteiger partial charge in [0.1, 0.15) is 0 Å². The zero-order valence-electron chi connectivity index (χ0n) is 8.07. The lowest BCUT2D eigenvalue weighted by Crippen LogP contribution is -2.49. The number of rotatable bonds is 3. The Kier molecular flexibility index (Phi) is 2.92. The van der Waals surface area contributed by atoms with E-state index in [4.69, 9.17) is 0 Å². The van der Waals surface area contributed by atoms with Gasteiger partial charge in [-0.1, -0.05) is 0 Å². The first kappa shape index (κ1) is 9.32. The molecule has 0 aromatic rings. The van der Waals surface area contributed by atoms with Crippen LogP contribution in [0.25, 0.3) is 0 Å². The van der Waals surface area contributed by atoms with Crippen molar-refractivity contribution in [2.24, 2.45) is 4.99 Å². The van der Waals surface area contributed by atoms with E-state index in [1.165, 1.54) is 0 Å². The summed E-state index contributed by atoms with van der Waals surface area (Å²) in [7, 11) is 1.96. The van der Waals surface area contributed by atoms with Gasteiger partial charge in [0, 0.05) is 18.6 Å². The molecule has 0 fully saturated rings. The van der Waals surface area contributed by atoms with Gasteiger partial charge in [0.2, 0.25) is 0 Å². The molecule has 0 saturated heterocycles. The maximum Gasteiger partial charge on any atom is 0.191 e. The maximum absolute atomic E-state index is 4.24. The van der Waals surface area contributed by atoms with Crippen LogP contribution in [-0.4, -0.2) is 38.2 Å². The second kappa shape index (κ2) is 3.76. The molecular weight excluding hydrogens is 152 g/mol. The summed E-state index contributed by atoms with van der Waals surface area (Å²) in [5, 5.41) is 9.63. The van der Waals surface area contributed by atoms with Gasteiger partial charge in [-0.25, -0.2) is 0 Å². The van der Waals surface area contributed by atoms with Gasteiger partial charge in [0.15, 0.2) is 5.96 Å². The maximum atomic E-state index is 4.24. The van der Waals surface area contributed by atoms with Gasteiger partial charge >= 0.3 is 0 Å². The highest BCUT2D eigenvalue weighted by atomic mass is 15.2. The molecule has 4 nitrogen and oxygen atoms in total. The fourth-order valence-corrected chi connectivity index (χ4v) is 0.909. The molecule has 0 saturated carbocycles. The molecule has 1 heterocycles. The highest BCUT2D eigenvalue weighted by molar-refractivity contribution is 5.81. The van der Waals surface area contributed by atoms with E-state index in [2.05, 4.69) is 34.8 Å². The molecule has 0 radical (unpaired) electrons. The largest absolute Gasteiger partial charge is 0.355 e. The van der Waals surface area contributed by atoms with Crippen LogP contribution in [0.3, 0.4) is 0 Å². The topological polar surface area (TPSA) is 48.5 Å². The fraction of sp³-hybridized carbons (Fsp3) is 0.875. The molecule has 0 bridgehead atoms. The van der Waals surface area contributed by atoms with Crippen molar-refractivity contribution in [3.63, 3.8) is 0 Å². The van der Waals surface area contributed by atoms with Gasteiger partial charge in [-0.2, -0.15) is 0 Å². The van der Waals surface area contributed by atoms with E-state index < -0.39 is 0 Å². The molecule has 1 rings (SSSR count). The second-order valence-corrected chi connectivity index (χ2v) is 3.64. The van der Waals surface area contributed by atoms with Crippen LogP contribution < -0.4 is 16.0 Å². The van der Waals surface area contributed by atoms with E-state index in [0.717, 1.165) is 25.6 Å². The molecule has 0 aromatic heterocycles. The van der Waals surface area contributed by atoms with E-state index >= 15 is 0 Å². The first-order valence-corrected chi connectivity index (χ1v) is 4.35. The van der Waals surface area contributed by atoms with Crippen molar-refractivity contribution >= 4 is 5.96 Å². The van der Waals surface area contributed by atoms with E-state index in [0.29, 0.717) is 0 Å². The second-order valence-electron chi connectivity index (χ2n) is 3.64. The van der Waals surface area contributed by atoms with E-state index in [9.17, 15) is 0 Å². The summed E-state index contributed by atoms with van der Waals surface area (Å²) in [6.07, 6.45) is 0. The van der Waals surface area contributed by atoms with Gasteiger partial charge in [-0.3, -0.25) is 4.99 Å². The third-order valence-electron chi connectivity index (χ3n) is 2.05. The molecule has 12 heavy (non-hydrogen) atoms. The Labute approximate surface area is 73.8 Å². The molecule has 70 valence electrons. The number of aliphatic imine (C=N–C) groups is 1. The van der Waals surface area contributed by atoms with Crippen LogP contribution in [0.15, 0.2) is 4.99 Å². The van der Waals surface area contributed by atoms with E-state index in [-0.39, 0.29) is 5.54 Å². The van der Waals surface area contributed by atoms with Crippen molar-refractivity contribution in [2.75, 3.05) is 26.7 Å². The zero-order valence-corrected chi connectivity index (χ0v) is 8.07. The molecule has 1 aliphatic rings. The number of guanidine groups is 1. The molecule has 3 N–H and O–H groups in total. The smallest absolute Gasteiger partial charge is 0.191 e. The molecule has 0 aliphatic carbocycles. The Balaban J connectivity index is 2.24. The summed E-state index contributed by atoms with van der Waals surface area (Å²) in [6.45, 7) is 7.03. The predicted molar refractivity (Wildman–Crippen MR) is 51.4 cm³/mol. The Morgan fingerprint density at radius 3 is 2.83 bits per heavy atom. The first-order chi connectivity index (χ1) is 5.64. The molecule has 0 amide bonds. The number of hydrogen-bond acceptors (Lipinski definition) is 4. The highest BCUT2D eigenvalue weighted by Crippen LogP contribution is 1.97. The molecule has 1 aliphatic heterocycles. The number of nitrogens with zero attached hydrogens (tertiary/aromatic N) is 1. The van der Waals surface area contributed by atoms with Crippen LogP contribution in [0.4, 0.5) is 0 Å². The lowest BCUT2D eigenvalue weighted by molar-refractivity contribution is 0.418. The minimum Gasteiger partial charge on any atom is -0.355 e. The van der Waals surface area contributed by atoms with Crippen molar-refractivity contribution in [2.45, 2.75) is 19.4 Å². The average Bonchev–Trinajstić information content (AvgIpc) is 2.53. The van der Waals surface area contributed by atoms with Crippen molar-refractivity contribution in [3.05, 3.63) is 0 Å². The molecule has 4 heteroatoms. The number of nitrogens with one attached hydrogen (secondary N) is 3. The zero-order chi connectivity index (χ0) is 9.03. The lowest BCUT2D eigenvalue weighted by Gasteiger charge is -2.24. The monoisotopic (exact) mass is 170 g/mol. The molecule has 0 atom stereocenters. The first-order valence-electron chi connectivity index (χ1n) is 4.35. The van der Waals surface area contributed by atoms with Gasteiger partial charge in [0.25, 0.3) is 0 Å². The SMILES string of the molecule is CNC(C)(C)CNC1=NCCN1. The Morgan fingerprint density at radius 2 is 2.33 bits per heavy atom. The normalized spacial score (nSPS) is 17.1. The number of hydrogen-bond donors (Lipinski definition) is 3. The lowest BCUT2D eigenvalue weighted by atomic mass is 10.1. The standard InChI is InChI=1S/C8H18N4/c1-8(2,9-3)6-12-7-10-4-5-11-7/h9H,4-6H2,1-3H3,(H2,10,11,12). The van der Waals surface area contributed by atoms with Crippen LogP contribution in [0.5, 0.6) is 0 Å². The summed E-state index contributed by atoms with van der Waals surface area (Å²) in [6, 6.07) is 0. The Bertz CT molecular complexity index is 174. The molecule has 0 spiro atoms. The minimum absolute atomic E-state index is 0.118. The van der Waals surface area contributed by atoms with E-state index in [1.54, 1.807) is 0 Å². The molecule has 0 unspecified atom stereocenters. The summed E-state index contributed by atoms with van der Waals surface area (Å²) in [4.78, 5) is 4.24. The average molecular weight is 170 g/mol. The van der Waals surface area contributed by atoms with Gasteiger partial charge in [-0.05, 0) is 20.9 Å². The van der Waals surface area contributed by atoms with Crippen molar-refractivity contribution in [1.82, 2.24) is 16.0 Å². The summed E-state index contributed by atoms with van der Waals surface area (Å²) in [5.74, 6) is 0.929. The summed E-state index contributed by atoms with van der Waals surface area (Å²) in [5.41, 5.74) is 0.118. The highest BCUT2D eigenvalue weighted by Gasteiger charge is 2.15. The summed E-state index contributed by atoms with van der Waals surface area (Å²) >= 11 is 0. The van der Waals surface area contributed by atoms with Crippen LogP contribution in [0.2, 0.25) is 0 Å². The van der Waals surface area contributed by atoms with Crippen LogP contribution >= 0.6 is 0 Å². The number of likely N-dealkylation sites (N-methyl/N-ethyl adjacent to an activating group) is 1. The van der Waals surface area contributed by atoms with Crippen LogP contribution in [0.1, 0.15) is 13.8 Å². The van der Waals surface area contributed by atoms with E-state index in [1.807, 2.05) is 7.05 Å². The Hall–Kier alpha value is -0.770. The summed E-state index contributed by atoms with van der Waals surface area (Å²) < 4.78 is 0. The third kappa shape index (κ3) is 2.70. The van der Waals surface area contributed by atoms with Crippen molar-refractivity contribution < 1.29 is 0 Å². The fourth-order valence-electron chi connectivity index (χ4n) is 0.909. The quantitative estimate of drug-likeness (QED) is 0.537.